The van der Waals surface area contributed by atoms with E-state index in [1.54, 1.807) is 7.11 Å². The summed E-state index contributed by atoms with van der Waals surface area (Å²) in [5.41, 5.74) is 5.29. The first-order valence-corrected chi connectivity index (χ1v) is 5.71. The van der Waals surface area contributed by atoms with Crippen LogP contribution in [0.15, 0.2) is 0 Å². The highest BCUT2D eigenvalue weighted by Gasteiger charge is 2.27. The summed E-state index contributed by atoms with van der Waals surface area (Å²) in [6.07, 6.45) is 3.40. The molecule has 1 rings (SSSR count). The van der Waals surface area contributed by atoms with Crippen LogP contribution in [0.25, 0.3) is 0 Å². The van der Waals surface area contributed by atoms with Crippen LogP contribution >= 0.6 is 0 Å². The highest BCUT2D eigenvalue weighted by atomic mass is 16.5. The van der Waals surface area contributed by atoms with Gasteiger partial charge in [0.1, 0.15) is 0 Å². The van der Waals surface area contributed by atoms with E-state index in [-0.39, 0.29) is 11.8 Å². The number of rotatable bonds is 6. The SMILES string of the molecule is CCCC(CN1CCC(C(N)=O)C1)OC. The number of nitrogens with two attached hydrogens (primary N) is 1. The Morgan fingerprint density at radius 3 is 2.87 bits per heavy atom. The Labute approximate surface area is 91.8 Å². The van der Waals surface area contributed by atoms with Gasteiger partial charge in [-0.05, 0) is 19.4 Å². The standard InChI is InChI=1S/C11H22N2O2/c1-3-4-10(15-2)8-13-6-5-9(7-13)11(12)14/h9-10H,3-8H2,1-2H3,(H2,12,14). The van der Waals surface area contributed by atoms with E-state index in [1.807, 2.05) is 0 Å². The predicted octanol–water partition coefficient (Wildman–Crippen LogP) is 0.609. The Kier molecular flexibility index (Phi) is 5.05. The first-order valence-electron chi connectivity index (χ1n) is 5.71. The van der Waals surface area contributed by atoms with Crippen molar-refractivity contribution in [2.75, 3.05) is 26.7 Å². The summed E-state index contributed by atoms with van der Waals surface area (Å²) in [6.45, 7) is 4.85. The maximum absolute atomic E-state index is 11.0. The van der Waals surface area contributed by atoms with Gasteiger partial charge < -0.3 is 10.5 Å². The van der Waals surface area contributed by atoms with Gasteiger partial charge in [0.05, 0.1) is 12.0 Å². The summed E-state index contributed by atoms with van der Waals surface area (Å²) >= 11 is 0. The number of nitrogens with zero attached hydrogens (tertiary/aromatic N) is 1. The Morgan fingerprint density at radius 2 is 2.40 bits per heavy atom. The van der Waals surface area contributed by atoms with Gasteiger partial charge in [0.15, 0.2) is 0 Å². The number of hydrogen-bond donors (Lipinski definition) is 1. The van der Waals surface area contributed by atoms with Crippen LogP contribution in [-0.2, 0) is 9.53 Å². The third-order valence-electron chi connectivity index (χ3n) is 3.08. The van der Waals surface area contributed by atoms with Crippen LogP contribution in [0, 0.1) is 5.92 Å². The number of amides is 1. The van der Waals surface area contributed by atoms with Gasteiger partial charge in [0.2, 0.25) is 5.91 Å². The third-order valence-corrected chi connectivity index (χ3v) is 3.08. The molecule has 1 amide bonds. The molecule has 4 heteroatoms. The van der Waals surface area contributed by atoms with Gasteiger partial charge >= 0.3 is 0 Å². The Hall–Kier alpha value is -0.610. The minimum atomic E-state index is -0.165. The quantitative estimate of drug-likeness (QED) is 0.704. The maximum atomic E-state index is 11.0. The molecule has 2 N–H and O–H groups in total. The fraction of sp³-hybridized carbons (Fsp3) is 0.909. The molecule has 0 spiro atoms. The first kappa shape index (κ1) is 12.5. The van der Waals surface area contributed by atoms with Gasteiger partial charge in [-0.25, -0.2) is 0 Å². The summed E-state index contributed by atoms with van der Waals surface area (Å²) in [5, 5.41) is 0. The molecule has 0 aromatic rings. The second kappa shape index (κ2) is 6.08. The van der Waals surface area contributed by atoms with Crippen molar-refractivity contribution in [2.24, 2.45) is 11.7 Å². The highest BCUT2D eigenvalue weighted by molar-refractivity contribution is 5.77. The Bertz CT molecular complexity index is 209. The minimum Gasteiger partial charge on any atom is -0.380 e. The van der Waals surface area contributed by atoms with Crippen LogP contribution in [-0.4, -0.2) is 43.7 Å². The van der Waals surface area contributed by atoms with Crippen molar-refractivity contribution in [3.63, 3.8) is 0 Å². The lowest BCUT2D eigenvalue weighted by Crippen LogP contribution is -2.33. The average Bonchev–Trinajstić information content (AvgIpc) is 2.65. The van der Waals surface area contributed by atoms with Gasteiger partial charge in [0.25, 0.3) is 0 Å². The monoisotopic (exact) mass is 214 g/mol. The van der Waals surface area contributed by atoms with Gasteiger partial charge in [-0.2, -0.15) is 0 Å². The zero-order chi connectivity index (χ0) is 11.3. The van der Waals surface area contributed by atoms with Crippen molar-refractivity contribution in [1.29, 1.82) is 0 Å². The number of carbonyl (C=O) groups excluding carboxylic acids is 1. The molecule has 1 aliphatic rings. The summed E-state index contributed by atoms with van der Waals surface area (Å²) in [5.74, 6) is -0.119. The van der Waals surface area contributed by atoms with Crippen LogP contribution in [0.5, 0.6) is 0 Å². The van der Waals surface area contributed by atoms with E-state index in [2.05, 4.69) is 11.8 Å². The zero-order valence-electron chi connectivity index (χ0n) is 9.74. The lowest BCUT2D eigenvalue weighted by atomic mass is 10.1. The number of methoxy groups -OCH3 is 1. The molecule has 0 saturated carbocycles. The molecule has 1 fully saturated rings. The molecule has 1 aliphatic heterocycles. The van der Waals surface area contributed by atoms with E-state index in [4.69, 9.17) is 10.5 Å². The molecule has 2 unspecified atom stereocenters. The molecule has 15 heavy (non-hydrogen) atoms. The van der Waals surface area contributed by atoms with Crippen molar-refractivity contribution >= 4 is 5.91 Å². The summed E-state index contributed by atoms with van der Waals surface area (Å²) in [6, 6.07) is 0. The van der Waals surface area contributed by atoms with E-state index < -0.39 is 0 Å². The largest absolute Gasteiger partial charge is 0.380 e. The molecule has 1 heterocycles. The summed E-state index contributed by atoms with van der Waals surface area (Å²) in [4.78, 5) is 13.3. The molecule has 0 aromatic heterocycles. The molecule has 2 atom stereocenters. The molecule has 0 aliphatic carbocycles. The lowest BCUT2D eigenvalue weighted by molar-refractivity contribution is -0.121. The molecule has 4 nitrogen and oxygen atoms in total. The fourth-order valence-electron chi connectivity index (χ4n) is 2.12. The van der Waals surface area contributed by atoms with E-state index in [0.717, 1.165) is 38.9 Å². The average molecular weight is 214 g/mol. The van der Waals surface area contributed by atoms with Crippen molar-refractivity contribution in [3.8, 4) is 0 Å². The highest BCUT2D eigenvalue weighted by Crippen LogP contribution is 2.17. The second-order valence-corrected chi connectivity index (χ2v) is 4.29. The molecule has 0 aromatic carbocycles. The van der Waals surface area contributed by atoms with Crippen molar-refractivity contribution < 1.29 is 9.53 Å². The topological polar surface area (TPSA) is 55.6 Å². The molecule has 0 bridgehead atoms. The third kappa shape index (κ3) is 3.80. The van der Waals surface area contributed by atoms with E-state index >= 15 is 0 Å². The van der Waals surface area contributed by atoms with Crippen LogP contribution in [0.2, 0.25) is 0 Å². The number of ether oxygens (including phenoxy) is 1. The van der Waals surface area contributed by atoms with Gasteiger partial charge in [-0.1, -0.05) is 13.3 Å². The minimum absolute atomic E-state index is 0.0455. The smallest absolute Gasteiger partial charge is 0.221 e. The summed E-state index contributed by atoms with van der Waals surface area (Å²) < 4.78 is 5.39. The summed E-state index contributed by atoms with van der Waals surface area (Å²) in [7, 11) is 1.75. The molecular weight excluding hydrogens is 192 g/mol. The van der Waals surface area contributed by atoms with Crippen LogP contribution in [0.3, 0.4) is 0 Å². The van der Waals surface area contributed by atoms with E-state index in [0.29, 0.717) is 6.10 Å². The van der Waals surface area contributed by atoms with Crippen molar-refractivity contribution in [1.82, 2.24) is 4.90 Å². The second-order valence-electron chi connectivity index (χ2n) is 4.29. The number of carbonyl (C=O) groups is 1. The number of hydrogen-bond acceptors (Lipinski definition) is 3. The molecule has 0 radical (unpaired) electrons. The van der Waals surface area contributed by atoms with Gasteiger partial charge in [-0.3, -0.25) is 9.69 Å². The molecule has 1 saturated heterocycles. The first-order chi connectivity index (χ1) is 7.17. The lowest BCUT2D eigenvalue weighted by Gasteiger charge is -2.22. The molecule has 88 valence electrons. The van der Waals surface area contributed by atoms with Crippen LogP contribution < -0.4 is 5.73 Å². The zero-order valence-corrected chi connectivity index (χ0v) is 9.74. The van der Waals surface area contributed by atoms with Crippen molar-refractivity contribution in [3.05, 3.63) is 0 Å². The fourth-order valence-corrected chi connectivity index (χ4v) is 2.12. The normalized spacial score (nSPS) is 24.3. The number of likely N-dealkylation sites (tertiary alicyclic amines) is 1. The van der Waals surface area contributed by atoms with Crippen LogP contribution in [0.4, 0.5) is 0 Å². The van der Waals surface area contributed by atoms with Gasteiger partial charge in [-0.15, -0.1) is 0 Å². The maximum Gasteiger partial charge on any atom is 0.221 e. The number of primary amides is 1. The van der Waals surface area contributed by atoms with Crippen LogP contribution in [0.1, 0.15) is 26.2 Å². The predicted molar refractivity (Wildman–Crippen MR) is 59.4 cm³/mol. The van der Waals surface area contributed by atoms with E-state index in [9.17, 15) is 4.79 Å². The van der Waals surface area contributed by atoms with E-state index in [1.165, 1.54) is 0 Å². The van der Waals surface area contributed by atoms with Crippen molar-refractivity contribution in [2.45, 2.75) is 32.3 Å². The Balaban J connectivity index is 2.30. The molecular formula is C11H22N2O2. The van der Waals surface area contributed by atoms with Gasteiger partial charge in [0, 0.05) is 20.2 Å². The Morgan fingerprint density at radius 1 is 1.67 bits per heavy atom.